The summed E-state index contributed by atoms with van der Waals surface area (Å²) < 4.78 is 19.5. The van der Waals surface area contributed by atoms with E-state index in [-0.39, 0.29) is 5.82 Å². The summed E-state index contributed by atoms with van der Waals surface area (Å²) in [5, 5.41) is 6.58. The molecule has 2 rings (SSSR count). The smallest absolute Gasteiger partial charge is 0.191 e. The maximum Gasteiger partial charge on any atom is 0.191 e. The number of benzene rings is 1. The topological polar surface area (TPSA) is 48.9 Å². The predicted octanol–water partition coefficient (Wildman–Crippen LogP) is 2.76. The van der Waals surface area contributed by atoms with Crippen LogP contribution in [0.4, 0.5) is 4.39 Å². The van der Waals surface area contributed by atoms with Crippen LogP contribution in [0.25, 0.3) is 0 Å². The summed E-state index contributed by atoms with van der Waals surface area (Å²) in [4.78, 5) is 6.57. The lowest BCUT2D eigenvalue weighted by atomic mass is 10.1. The van der Waals surface area contributed by atoms with Gasteiger partial charge in [0.1, 0.15) is 5.82 Å². The molecule has 0 radical (unpaired) electrons. The zero-order valence-corrected chi connectivity index (χ0v) is 16.4. The van der Waals surface area contributed by atoms with Crippen LogP contribution in [0.15, 0.2) is 23.2 Å². The molecule has 5 nitrogen and oxygen atoms in total. The lowest BCUT2D eigenvalue weighted by Crippen LogP contribution is -2.38. The average Bonchev–Trinajstić information content (AvgIpc) is 3.42. The van der Waals surface area contributed by atoms with Crippen LogP contribution in [0.3, 0.4) is 0 Å². The number of nitrogens with zero attached hydrogens (tertiary/aromatic N) is 2. The fraction of sp³-hybridized carbons (Fsp3) is 0.650. The van der Waals surface area contributed by atoms with E-state index in [9.17, 15) is 4.39 Å². The fourth-order valence-electron chi connectivity index (χ4n) is 2.62. The van der Waals surface area contributed by atoms with Gasteiger partial charge in [-0.05, 0) is 63.9 Å². The number of hydrogen-bond acceptors (Lipinski definition) is 3. The summed E-state index contributed by atoms with van der Waals surface area (Å²) in [5.74, 6) is 1.44. The molecule has 0 aliphatic heterocycles. The van der Waals surface area contributed by atoms with Crippen LogP contribution in [0.1, 0.15) is 37.3 Å². The van der Waals surface area contributed by atoms with Gasteiger partial charge in [-0.3, -0.25) is 0 Å². The number of halogens is 1. The quantitative estimate of drug-likeness (QED) is 0.360. The van der Waals surface area contributed by atoms with Gasteiger partial charge in [0.25, 0.3) is 0 Å². The lowest BCUT2D eigenvalue weighted by Gasteiger charge is -2.13. The monoisotopic (exact) mass is 364 g/mol. The number of rotatable bonds is 11. The Morgan fingerprint density at radius 3 is 2.81 bits per heavy atom. The first-order valence-corrected chi connectivity index (χ1v) is 9.60. The molecule has 0 unspecified atom stereocenters. The van der Waals surface area contributed by atoms with Crippen molar-refractivity contribution < 1.29 is 9.13 Å². The molecule has 1 fully saturated rings. The van der Waals surface area contributed by atoms with Crippen LogP contribution in [0.2, 0.25) is 0 Å². The molecule has 1 saturated carbocycles. The molecule has 0 heterocycles. The fourth-order valence-corrected chi connectivity index (χ4v) is 2.62. The first-order valence-electron chi connectivity index (χ1n) is 9.60. The molecule has 0 saturated heterocycles. The van der Waals surface area contributed by atoms with Gasteiger partial charge in [-0.1, -0.05) is 6.07 Å². The average molecular weight is 365 g/mol. The third-order valence-electron chi connectivity index (χ3n) is 4.17. The summed E-state index contributed by atoms with van der Waals surface area (Å²) in [6.07, 6.45) is 3.62. The molecular weight excluding hydrogens is 331 g/mol. The minimum Gasteiger partial charge on any atom is -0.381 e. The Balaban J connectivity index is 1.79. The third-order valence-corrected chi connectivity index (χ3v) is 4.17. The largest absolute Gasteiger partial charge is 0.381 e. The van der Waals surface area contributed by atoms with Gasteiger partial charge in [0.15, 0.2) is 5.96 Å². The Morgan fingerprint density at radius 2 is 2.12 bits per heavy atom. The molecule has 0 aromatic heterocycles. The van der Waals surface area contributed by atoms with Gasteiger partial charge in [0.2, 0.25) is 0 Å². The molecule has 1 aromatic carbocycles. The highest BCUT2D eigenvalue weighted by Gasteiger charge is 2.20. The first kappa shape index (κ1) is 20.6. The first-order chi connectivity index (χ1) is 12.6. The Kier molecular flexibility index (Phi) is 8.85. The van der Waals surface area contributed by atoms with Crippen LogP contribution in [-0.4, -0.2) is 51.3 Å². The van der Waals surface area contributed by atoms with Crippen molar-refractivity contribution in [2.24, 2.45) is 10.9 Å². The summed E-state index contributed by atoms with van der Waals surface area (Å²) in [5.41, 5.74) is 1.71. The number of aliphatic imine (C=N–C) groups is 1. The van der Waals surface area contributed by atoms with E-state index in [0.29, 0.717) is 18.7 Å². The molecule has 0 amide bonds. The maximum absolute atomic E-state index is 13.9. The standard InChI is InChI=1S/C20H33FN4O/c1-4-22-20(23-10-5-11-26-15-16-6-7-16)24-13-17-8-9-19(21)18(12-17)14-25(2)3/h8-9,12,16H,4-7,10-11,13-15H2,1-3H3,(H2,22,23,24). The van der Waals surface area contributed by atoms with E-state index in [1.165, 1.54) is 18.9 Å². The van der Waals surface area contributed by atoms with Crippen molar-refractivity contribution >= 4 is 5.96 Å². The van der Waals surface area contributed by atoms with Gasteiger partial charge >= 0.3 is 0 Å². The van der Waals surface area contributed by atoms with Gasteiger partial charge in [0, 0.05) is 38.4 Å². The van der Waals surface area contributed by atoms with E-state index in [1.807, 2.05) is 32.0 Å². The lowest BCUT2D eigenvalue weighted by molar-refractivity contribution is 0.123. The molecule has 1 aromatic rings. The van der Waals surface area contributed by atoms with Crippen molar-refractivity contribution in [3.8, 4) is 0 Å². The predicted molar refractivity (Wildman–Crippen MR) is 105 cm³/mol. The highest BCUT2D eigenvalue weighted by molar-refractivity contribution is 5.79. The maximum atomic E-state index is 13.9. The minimum absolute atomic E-state index is 0.164. The molecule has 26 heavy (non-hydrogen) atoms. The molecule has 1 aliphatic rings. The zero-order chi connectivity index (χ0) is 18.8. The highest BCUT2D eigenvalue weighted by atomic mass is 19.1. The molecule has 2 N–H and O–H groups in total. The Labute approximate surface area is 157 Å². The van der Waals surface area contributed by atoms with Crippen molar-refractivity contribution in [2.45, 2.75) is 39.3 Å². The normalized spacial score (nSPS) is 14.7. The van der Waals surface area contributed by atoms with Crippen LogP contribution in [-0.2, 0) is 17.8 Å². The van der Waals surface area contributed by atoms with Crippen LogP contribution in [0.5, 0.6) is 0 Å². The molecule has 6 heteroatoms. The Morgan fingerprint density at radius 1 is 1.31 bits per heavy atom. The van der Waals surface area contributed by atoms with E-state index in [4.69, 9.17) is 4.74 Å². The van der Waals surface area contributed by atoms with Crippen LogP contribution >= 0.6 is 0 Å². The Bertz CT molecular complexity index is 573. The van der Waals surface area contributed by atoms with Crippen molar-refractivity contribution in [1.29, 1.82) is 0 Å². The van der Waals surface area contributed by atoms with Gasteiger partial charge < -0.3 is 20.3 Å². The van der Waals surface area contributed by atoms with E-state index >= 15 is 0 Å². The second-order valence-corrected chi connectivity index (χ2v) is 7.16. The van der Waals surface area contributed by atoms with Gasteiger partial charge in [0.05, 0.1) is 6.54 Å². The molecule has 0 bridgehead atoms. The minimum atomic E-state index is -0.164. The second kappa shape index (κ2) is 11.1. The molecule has 0 spiro atoms. The molecule has 0 atom stereocenters. The van der Waals surface area contributed by atoms with Crippen molar-refractivity contribution in [2.75, 3.05) is 40.4 Å². The van der Waals surface area contributed by atoms with E-state index in [1.54, 1.807) is 6.07 Å². The van der Waals surface area contributed by atoms with E-state index < -0.39 is 0 Å². The number of guanidine groups is 1. The SMILES string of the molecule is CCNC(=NCc1ccc(F)c(CN(C)C)c1)NCCCOCC1CC1. The van der Waals surface area contributed by atoms with Gasteiger partial charge in [-0.15, -0.1) is 0 Å². The van der Waals surface area contributed by atoms with E-state index in [0.717, 1.165) is 50.2 Å². The second-order valence-electron chi connectivity index (χ2n) is 7.16. The third kappa shape index (κ3) is 8.15. The number of hydrogen-bond donors (Lipinski definition) is 2. The number of ether oxygens (including phenoxy) is 1. The van der Waals surface area contributed by atoms with Crippen molar-refractivity contribution in [3.05, 3.63) is 35.1 Å². The van der Waals surface area contributed by atoms with E-state index in [2.05, 4.69) is 15.6 Å². The van der Waals surface area contributed by atoms with Crippen LogP contribution in [0, 0.1) is 11.7 Å². The summed E-state index contributed by atoms with van der Waals surface area (Å²) in [7, 11) is 3.87. The van der Waals surface area contributed by atoms with Crippen molar-refractivity contribution in [3.63, 3.8) is 0 Å². The zero-order valence-electron chi connectivity index (χ0n) is 16.4. The summed E-state index contributed by atoms with van der Waals surface area (Å²) in [6.45, 7) is 6.48. The summed E-state index contributed by atoms with van der Waals surface area (Å²) in [6, 6.07) is 5.22. The van der Waals surface area contributed by atoms with Crippen molar-refractivity contribution in [1.82, 2.24) is 15.5 Å². The summed E-state index contributed by atoms with van der Waals surface area (Å²) >= 11 is 0. The van der Waals surface area contributed by atoms with Gasteiger partial charge in [-0.2, -0.15) is 0 Å². The number of nitrogens with one attached hydrogen (secondary N) is 2. The molecule has 1 aliphatic carbocycles. The Hall–Kier alpha value is -1.66. The van der Waals surface area contributed by atoms with Gasteiger partial charge in [-0.25, -0.2) is 9.38 Å². The molecule has 146 valence electrons. The highest BCUT2D eigenvalue weighted by Crippen LogP contribution is 2.28. The van der Waals surface area contributed by atoms with Crippen LogP contribution < -0.4 is 10.6 Å². The molecular formula is C20H33FN4O.